The Morgan fingerprint density at radius 1 is 1.23 bits per heavy atom. The van der Waals surface area contributed by atoms with Gasteiger partial charge < -0.3 is 14.8 Å². The van der Waals surface area contributed by atoms with Crippen molar-refractivity contribution in [3.05, 3.63) is 65.1 Å². The van der Waals surface area contributed by atoms with Gasteiger partial charge >= 0.3 is 6.18 Å². The average Bonchev–Trinajstić information content (AvgIpc) is 3.33. The predicted octanol–water partition coefficient (Wildman–Crippen LogP) is 6.41. The van der Waals surface area contributed by atoms with Gasteiger partial charge in [0, 0.05) is 45.5 Å². The highest BCUT2D eigenvalue weighted by molar-refractivity contribution is 7.97. The first-order valence-corrected chi connectivity index (χ1v) is 10.5. The summed E-state index contributed by atoms with van der Waals surface area (Å²) >= 11 is 12.7. The zero-order valence-corrected chi connectivity index (χ0v) is 18.0. The van der Waals surface area contributed by atoms with Crippen LogP contribution in [-0.4, -0.2) is 21.9 Å². The molecular weight excluding hydrogens is 472 g/mol. The van der Waals surface area contributed by atoms with Gasteiger partial charge in [-0.2, -0.15) is 13.2 Å². The van der Waals surface area contributed by atoms with Gasteiger partial charge in [0.05, 0.1) is 16.1 Å². The number of nitrogens with zero attached hydrogens (tertiary/aromatic N) is 2. The van der Waals surface area contributed by atoms with Gasteiger partial charge in [-0.05, 0) is 30.1 Å². The molecule has 1 unspecified atom stereocenters. The van der Waals surface area contributed by atoms with Crippen LogP contribution in [-0.2, 0) is 6.54 Å². The Kier molecular flexibility index (Phi) is 6.11. The van der Waals surface area contributed by atoms with Crippen molar-refractivity contribution >= 4 is 51.7 Å². The summed E-state index contributed by atoms with van der Waals surface area (Å²) in [6.45, 7) is -0.368. The molecule has 0 aliphatic rings. The third-order valence-corrected chi connectivity index (χ3v) is 6.34. The summed E-state index contributed by atoms with van der Waals surface area (Å²) in [5, 5.41) is 4.96. The molecule has 0 fully saturated rings. The number of benzene rings is 2. The number of hydrogen-bond donors (Lipinski definition) is 2. The van der Waals surface area contributed by atoms with Crippen LogP contribution in [0.15, 0.2) is 64.5 Å². The van der Waals surface area contributed by atoms with E-state index in [-0.39, 0.29) is 22.2 Å². The van der Waals surface area contributed by atoms with Gasteiger partial charge in [0.2, 0.25) is 0 Å². The average molecular weight is 487 g/mol. The van der Waals surface area contributed by atoms with E-state index in [1.165, 1.54) is 24.6 Å². The molecule has 0 aliphatic carbocycles. The SMILES string of the molecule is Nc1cc(Cl)cc(Cl)c1SNC(Cn1cc(-c2cnoc2)c2ccccc21)C(F)(F)F. The smallest absolute Gasteiger partial charge is 0.398 e. The molecule has 2 heterocycles. The van der Waals surface area contributed by atoms with Crippen LogP contribution in [0.4, 0.5) is 18.9 Å². The molecule has 0 amide bonds. The molecule has 4 rings (SSSR count). The number of alkyl halides is 3. The minimum Gasteiger partial charge on any atom is -0.398 e. The Balaban J connectivity index is 1.65. The summed E-state index contributed by atoms with van der Waals surface area (Å²) in [5.41, 5.74) is 8.13. The number of nitrogens with one attached hydrogen (secondary N) is 1. The molecule has 1 atom stereocenters. The fraction of sp³-hybridized carbons (Fsp3) is 0.150. The summed E-state index contributed by atoms with van der Waals surface area (Å²) in [6, 6.07) is 8.18. The molecule has 0 bridgehead atoms. The van der Waals surface area contributed by atoms with E-state index in [2.05, 4.69) is 9.88 Å². The maximum atomic E-state index is 13.9. The van der Waals surface area contributed by atoms with Crippen molar-refractivity contribution in [2.75, 3.05) is 5.73 Å². The second kappa shape index (κ2) is 8.66. The van der Waals surface area contributed by atoms with Crippen LogP contribution in [0.25, 0.3) is 22.0 Å². The van der Waals surface area contributed by atoms with Crippen molar-refractivity contribution in [3.63, 3.8) is 0 Å². The number of nitrogen functional groups attached to an aromatic ring is 1. The molecule has 0 spiro atoms. The normalized spacial score (nSPS) is 13.1. The first kappa shape index (κ1) is 21.9. The molecule has 3 N–H and O–H groups in total. The molecule has 0 saturated heterocycles. The van der Waals surface area contributed by atoms with Gasteiger partial charge in [0.25, 0.3) is 0 Å². The summed E-state index contributed by atoms with van der Waals surface area (Å²) in [4.78, 5) is 0.280. The van der Waals surface area contributed by atoms with Gasteiger partial charge in [-0.25, -0.2) is 4.72 Å². The van der Waals surface area contributed by atoms with Gasteiger partial charge in [0.15, 0.2) is 0 Å². The summed E-state index contributed by atoms with van der Waals surface area (Å²) in [7, 11) is 0. The number of anilines is 1. The summed E-state index contributed by atoms with van der Waals surface area (Å²) < 4.78 is 50.5. The van der Waals surface area contributed by atoms with Crippen LogP contribution >= 0.6 is 35.1 Å². The van der Waals surface area contributed by atoms with Crippen molar-refractivity contribution in [3.8, 4) is 11.1 Å². The topological polar surface area (TPSA) is 69.0 Å². The summed E-state index contributed by atoms with van der Waals surface area (Å²) in [5.74, 6) is 0. The van der Waals surface area contributed by atoms with E-state index in [0.29, 0.717) is 16.1 Å². The van der Waals surface area contributed by atoms with Crippen LogP contribution < -0.4 is 10.5 Å². The molecule has 4 aromatic rings. The second-order valence-corrected chi connectivity index (χ2v) is 8.44. The van der Waals surface area contributed by atoms with Gasteiger partial charge in [0.1, 0.15) is 12.3 Å². The first-order valence-electron chi connectivity index (χ1n) is 8.95. The standard InChI is InChI=1S/C20H15Cl2F3N4OS/c21-12-5-15(22)19(16(26)6-12)31-28-18(20(23,24)25)9-29-8-14(11-7-27-30-10-11)13-3-1-2-4-17(13)29/h1-8,10,18,28H,9,26H2. The van der Waals surface area contributed by atoms with Gasteiger partial charge in [-0.3, -0.25) is 0 Å². The number of nitrogens with two attached hydrogens (primary N) is 1. The second-order valence-electron chi connectivity index (χ2n) is 6.75. The van der Waals surface area contributed by atoms with Crippen molar-refractivity contribution < 1.29 is 17.7 Å². The maximum absolute atomic E-state index is 13.9. The molecule has 2 aromatic carbocycles. The van der Waals surface area contributed by atoms with Crippen LogP contribution in [0.2, 0.25) is 10.0 Å². The van der Waals surface area contributed by atoms with E-state index in [1.54, 1.807) is 22.9 Å². The fourth-order valence-corrected chi connectivity index (χ4v) is 4.61. The zero-order valence-electron chi connectivity index (χ0n) is 15.7. The van der Waals surface area contributed by atoms with Crippen LogP contribution in [0, 0.1) is 0 Å². The lowest BCUT2D eigenvalue weighted by Crippen LogP contribution is -2.42. The Hall–Kier alpha value is -2.33. The number of para-hydroxylation sites is 1. The van der Waals surface area contributed by atoms with Crippen molar-refractivity contribution in [1.29, 1.82) is 0 Å². The molecule has 0 aliphatic heterocycles. The quantitative estimate of drug-likeness (QED) is 0.243. The van der Waals surface area contributed by atoms with E-state index in [0.717, 1.165) is 22.9 Å². The molecule has 0 radical (unpaired) electrons. The Morgan fingerprint density at radius 2 is 2.00 bits per heavy atom. The molecule has 31 heavy (non-hydrogen) atoms. The predicted molar refractivity (Wildman–Crippen MR) is 117 cm³/mol. The third-order valence-electron chi connectivity index (χ3n) is 4.65. The Labute approximate surface area is 189 Å². The van der Waals surface area contributed by atoms with E-state index >= 15 is 0 Å². The molecule has 162 valence electrons. The van der Waals surface area contributed by atoms with Crippen LogP contribution in [0.5, 0.6) is 0 Å². The lowest BCUT2D eigenvalue weighted by Gasteiger charge is -2.23. The maximum Gasteiger partial charge on any atom is 0.406 e. The highest BCUT2D eigenvalue weighted by atomic mass is 35.5. The van der Waals surface area contributed by atoms with Crippen molar-refractivity contribution in [2.45, 2.75) is 23.7 Å². The zero-order chi connectivity index (χ0) is 22.2. The molecule has 0 saturated carbocycles. The first-order chi connectivity index (χ1) is 14.7. The van der Waals surface area contributed by atoms with Crippen LogP contribution in [0.1, 0.15) is 0 Å². The van der Waals surface area contributed by atoms with E-state index in [1.807, 2.05) is 12.1 Å². The number of rotatable bonds is 6. The Morgan fingerprint density at radius 3 is 2.68 bits per heavy atom. The minimum absolute atomic E-state index is 0.171. The van der Waals surface area contributed by atoms with E-state index < -0.39 is 12.2 Å². The van der Waals surface area contributed by atoms with Crippen molar-refractivity contribution in [2.24, 2.45) is 0 Å². The highest BCUT2D eigenvalue weighted by Crippen LogP contribution is 2.36. The number of fused-ring (bicyclic) bond motifs is 1. The van der Waals surface area contributed by atoms with E-state index in [9.17, 15) is 13.2 Å². The van der Waals surface area contributed by atoms with Crippen LogP contribution in [0.3, 0.4) is 0 Å². The number of hydrogen-bond acceptors (Lipinski definition) is 5. The van der Waals surface area contributed by atoms with E-state index in [4.69, 9.17) is 33.5 Å². The lowest BCUT2D eigenvalue weighted by atomic mass is 10.1. The lowest BCUT2D eigenvalue weighted by molar-refractivity contribution is -0.153. The molecular formula is C20H15Cl2F3N4OS. The minimum atomic E-state index is -4.52. The number of aromatic nitrogens is 2. The molecule has 2 aromatic heterocycles. The Bertz CT molecular complexity index is 1190. The third kappa shape index (κ3) is 4.64. The largest absolute Gasteiger partial charge is 0.406 e. The summed E-state index contributed by atoms with van der Waals surface area (Å²) in [6.07, 6.45) is 0.106. The highest BCUT2D eigenvalue weighted by Gasteiger charge is 2.40. The molecule has 11 heteroatoms. The van der Waals surface area contributed by atoms with Gasteiger partial charge in [-0.1, -0.05) is 46.6 Å². The fourth-order valence-electron chi connectivity index (χ4n) is 3.19. The number of halogens is 5. The van der Waals surface area contributed by atoms with Gasteiger partial charge in [-0.15, -0.1) is 0 Å². The van der Waals surface area contributed by atoms with Crippen molar-refractivity contribution in [1.82, 2.24) is 14.4 Å². The monoisotopic (exact) mass is 486 g/mol. The molecule has 5 nitrogen and oxygen atoms in total.